The number of likely N-dealkylation sites (N-methyl/N-ethyl adjacent to an activating group) is 1. The number of nitrogens with one attached hydrogen (secondary N) is 1. The standard InChI is InChI=1S/C17H28N2O4S/c1-13-11-16(9-10-23-13)24(20,21)18-17(12-19(2)3)14-5-7-15(22-4)8-6-14/h5-8,13,16-18H,9-12H2,1-4H3. The monoisotopic (exact) mass is 356 g/mol. The second kappa shape index (κ2) is 8.29. The zero-order valence-corrected chi connectivity index (χ0v) is 15.7. The molecule has 136 valence electrons. The third kappa shape index (κ3) is 5.17. The maximum atomic E-state index is 12.8. The highest BCUT2D eigenvalue weighted by atomic mass is 32.2. The Morgan fingerprint density at radius 2 is 2.00 bits per heavy atom. The molecule has 1 saturated heterocycles. The molecule has 0 bridgehead atoms. The average molecular weight is 356 g/mol. The van der Waals surface area contributed by atoms with Crippen molar-refractivity contribution in [2.24, 2.45) is 0 Å². The van der Waals surface area contributed by atoms with E-state index in [1.807, 2.05) is 50.2 Å². The number of methoxy groups -OCH3 is 1. The van der Waals surface area contributed by atoms with Gasteiger partial charge in [-0.1, -0.05) is 12.1 Å². The van der Waals surface area contributed by atoms with Gasteiger partial charge in [0.25, 0.3) is 0 Å². The minimum absolute atomic E-state index is 0.0198. The van der Waals surface area contributed by atoms with Crippen LogP contribution in [0.2, 0.25) is 0 Å². The van der Waals surface area contributed by atoms with Crippen LogP contribution in [0.3, 0.4) is 0 Å². The van der Waals surface area contributed by atoms with Crippen molar-refractivity contribution in [2.45, 2.75) is 37.2 Å². The second-order valence-electron chi connectivity index (χ2n) is 6.58. The van der Waals surface area contributed by atoms with Gasteiger partial charge in [0.1, 0.15) is 5.75 Å². The van der Waals surface area contributed by atoms with E-state index in [1.165, 1.54) is 0 Å². The molecule has 0 spiro atoms. The molecule has 7 heteroatoms. The third-order valence-corrected chi connectivity index (χ3v) is 6.17. The Morgan fingerprint density at radius 1 is 1.33 bits per heavy atom. The maximum absolute atomic E-state index is 12.8. The molecule has 1 N–H and O–H groups in total. The summed E-state index contributed by atoms with van der Waals surface area (Å²) in [5, 5.41) is -0.399. The van der Waals surface area contributed by atoms with Crippen LogP contribution in [0.4, 0.5) is 0 Å². The van der Waals surface area contributed by atoms with E-state index < -0.39 is 15.3 Å². The van der Waals surface area contributed by atoms with Crippen molar-refractivity contribution in [1.29, 1.82) is 0 Å². The summed E-state index contributed by atoms with van der Waals surface area (Å²) in [7, 11) is 2.06. The van der Waals surface area contributed by atoms with Crippen molar-refractivity contribution in [3.05, 3.63) is 29.8 Å². The summed E-state index contributed by atoms with van der Waals surface area (Å²) in [5.74, 6) is 0.753. The predicted molar refractivity (Wildman–Crippen MR) is 94.8 cm³/mol. The summed E-state index contributed by atoms with van der Waals surface area (Å²) in [4.78, 5) is 1.98. The van der Waals surface area contributed by atoms with Gasteiger partial charge in [-0.25, -0.2) is 13.1 Å². The molecule has 0 radical (unpaired) electrons. The fourth-order valence-electron chi connectivity index (χ4n) is 2.95. The Bertz CT molecular complexity index is 616. The Kier molecular flexibility index (Phi) is 6.62. The predicted octanol–water partition coefficient (Wildman–Crippen LogP) is 1.78. The Hall–Kier alpha value is -1.15. The lowest BCUT2D eigenvalue weighted by Gasteiger charge is -2.30. The van der Waals surface area contributed by atoms with Gasteiger partial charge in [-0.2, -0.15) is 0 Å². The number of hydrogen-bond donors (Lipinski definition) is 1. The molecule has 0 aliphatic carbocycles. The molecule has 1 aromatic carbocycles. The Balaban J connectivity index is 2.17. The van der Waals surface area contributed by atoms with E-state index in [0.717, 1.165) is 11.3 Å². The summed E-state index contributed by atoms with van der Waals surface area (Å²) in [6, 6.07) is 7.21. The zero-order chi connectivity index (χ0) is 17.7. The topological polar surface area (TPSA) is 67.9 Å². The van der Waals surface area contributed by atoms with E-state index in [2.05, 4.69) is 4.72 Å². The number of rotatable bonds is 7. The quantitative estimate of drug-likeness (QED) is 0.807. The number of nitrogens with zero attached hydrogens (tertiary/aromatic N) is 1. The second-order valence-corrected chi connectivity index (χ2v) is 8.57. The average Bonchev–Trinajstić information content (AvgIpc) is 2.54. The first kappa shape index (κ1) is 19.2. The molecule has 0 saturated carbocycles. The molecular formula is C17H28N2O4S. The summed E-state index contributed by atoms with van der Waals surface area (Å²) in [5.41, 5.74) is 0.924. The molecule has 0 aromatic heterocycles. The van der Waals surface area contributed by atoms with Gasteiger partial charge in [0.2, 0.25) is 10.0 Å². The Morgan fingerprint density at radius 3 is 2.54 bits per heavy atom. The van der Waals surface area contributed by atoms with Crippen LogP contribution < -0.4 is 9.46 Å². The van der Waals surface area contributed by atoms with Crippen molar-refractivity contribution < 1.29 is 17.9 Å². The minimum Gasteiger partial charge on any atom is -0.497 e. The summed E-state index contributed by atoms with van der Waals surface area (Å²) in [6.45, 7) is 3.00. The molecule has 2 rings (SSSR count). The van der Waals surface area contributed by atoms with Gasteiger partial charge in [0, 0.05) is 13.2 Å². The van der Waals surface area contributed by atoms with E-state index >= 15 is 0 Å². The molecule has 6 nitrogen and oxygen atoms in total. The van der Waals surface area contributed by atoms with Gasteiger partial charge < -0.3 is 14.4 Å². The van der Waals surface area contributed by atoms with Crippen LogP contribution in [0.5, 0.6) is 5.75 Å². The van der Waals surface area contributed by atoms with E-state index in [4.69, 9.17) is 9.47 Å². The highest BCUT2D eigenvalue weighted by Crippen LogP contribution is 2.24. The highest BCUT2D eigenvalue weighted by molar-refractivity contribution is 7.90. The first-order valence-electron chi connectivity index (χ1n) is 8.23. The van der Waals surface area contributed by atoms with Crippen LogP contribution in [-0.2, 0) is 14.8 Å². The van der Waals surface area contributed by atoms with E-state index in [9.17, 15) is 8.42 Å². The smallest absolute Gasteiger partial charge is 0.215 e. The van der Waals surface area contributed by atoms with Crippen LogP contribution in [-0.4, -0.2) is 59.0 Å². The normalized spacial score (nSPS) is 23.2. The fourth-order valence-corrected chi connectivity index (χ4v) is 4.68. The lowest BCUT2D eigenvalue weighted by molar-refractivity contribution is 0.0299. The molecule has 0 amide bonds. The molecule has 1 heterocycles. The Labute approximate surface area is 145 Å². The minimum atomic E-state index is -3.41. The lowest BCUT2D eigenvalue weighted by atomic mass is 10.1. The van der Waals surface area contributed by atoms with Crippen molar-refractivity contribution in [3.8, 4) is 5.75 Å². The largest absolute Gasteiger partial charge is 0.497 e. The van der Waals surface area contributed by atoms with Gasteiger partial charge >= 0.3 is 0 Å². The highest BCUT2D eigenvalue weighted by Gasteiger charge is 2.32. The molecule has 1 aliphatic rings. The number of ether oxygens (including phenoxy) is 2. The van der Waals surface area contributed by atoms with Crippen molar-refractivity contribution >= 4 is 10.0 Å². The fraction of sp³-hybridized carbons (Fsp3) is 0.647. The molecular weight excluding hydrogens is 328 g/mol. The molecule has 3 atom stereocenters. The third-order valence-electron chi connectivity index (χ3n) is 4.25. The van der Waals surface area contributed by atoms with Crippen LogP contribution in [0, 0.1) is 0 Å². The van der Waals surface area contributed by atoms with E-state index in [1.54, 1.807) is 7.11 Å². The first-order chi connectivity index (χ1) is 11.3. The van der Waals surface area contributed by atoms with Crippen molar-refractivity contribution in [2.75, 3.05) is 34.4 Å². The molecule has 1 fully saturated rings. The van der Waals surface area contributed by atoms with Gasteiger partial charge in [-0.15, -0.1) is 0 Å². The number of benzene rings is 1. The molecule has 1 aliphatic heterocycles. The van der Waals surface area contributed by atoms with Gasteiger partial charge in [-0.3, -0.25) is 0 Å². The summed E-state index contributed by atoms with van der Waals surface area (Å²) >= 11 is 0. The van der Waals surface area contributed by atoms with Gasteiger partial charge in [0.15, 0.2) is 0 Å². The van der Waals surface area contributed by atoms with Crippen molar-refractivity contribution in [1.82, 2.24) is 9.62 Å². The SMILES string of the molecule is COc1ccc(C(CN(C)C)NS(=O)(=O)C2CCOC(C)C2)cc1. The van der Waals surface area contributed by atoms with Crippen LogP contribution in [0.25, 0.3) is 0 Å². The van der Waals surface area contributed by atoms with E-state index in [0.29, 0.717) is 26.0 Å². The van der Waals surface area contributed by atoms with Crippen LogP contribution >= 0.6 is 0 Å². The molecule has 3 unspecified atom stereocenters. The molecule has 24 heavy (non-hydrogen) atoms. The maximum Gasteiger partial charge on any atom is 0.215 e. The van der Waals surface area contributed by atoms with E-state index in [-0.39, 0.29) is 12.1 Å². The number of hydrogen-bond acceptors (Lipinski definition) is 5. The zero-order valence-electron chi connectivity index (χ0n) is 14.9. The van der Waals surface area contributed by atoms with Crippen LogP contribution in [0.1, 0.15) is 31.4 Å². The first-order valence-corrected chi connectivity index (χ1v) is 9.78. The van der Waals surface area contributed by atoms with Crippen LogP contribution in [0.15, 0.2) is 24.3 Å². The van der Waals surface area contributed by atoms with Gasteiger partial charge in [-0.05, 0) is 51.6 Å². The summed E-state index contributed by atoms with van der Waals surface area (Å²) in [6.07, 6.45) is 1.05. The lowest BCUT2D eigenvalue weighted by Crippen LogP contribution is -2.43. The summed E-state index contributed by atoms with van der Waals surface area (Å²) < 4.78 is 39.2. The van der Waals surface area contributed by atoms with Crippen molar-refractivity contribution in [3.63, 3.8) is 0 Å². The van der Waals surface area contributed by atoms with Gasteiger partial charge in [0.05, 0.1) is 24.5 Å². The molecule has 1 aromatic rings. The number of sulfonamides is 1.